The maximum Gasteiger partial charge on any atom is 0.139 e. The van der Waals surface area contributed by atoms with Crippen molar-refractivity contribution in [1.29, 1.82) is 0 Å². The first-order valence-electron chi connectivity index (χ1n) is 4.09. The third kappa shape index (κ3) is 4.01. The molecule has 0 aromatic carbocycles. The number of carbonyl (C=O) groups excluding carboxylic acids is 3. The van der Waals surface area contributed by atoms with Crippen LogP contribution in [0.4, 0.5) is 0 Å². The smallest absolute Gasteiger partial charge is 0.139 e. The van der Waals surface area contributed by atoms with Crippen molar-refractivity contribution in [3.63, 3.8) is 0 Å². The zero-order valence-electron chi connectivity index (χ0n) is 7.50. The van der Waals surface area contributed by atoms with Gasteiger partial charge in [0.1, 0.15) is 17.9 Å². The fourth-order valence-electron chi connectivity index (χ4n) is 0.860. The third-order valence-electron chi connectivity index (χ3n) is 1.81. The van der Waals surface area contributed by atoms with E-state index < -0.39 is 5.92 Å². The second-order valence-electron chi connectivity index (χ2n) is 2.78. The summed E-state index contributed by atoms with van der Waals surface area (Å²) in [6, 6.07) is 0. The molecule has 68 valence electrons. The van der Waals surface area contributed by atoms with Gasteiger partial charge in [-0.2, -0.15) is 0 Å². The van der Waals surface area contributed by atoms with Crippen LogP contribution >= 0.6 is 0 Å². The van der Waals surface area contributed by atoms with Gasteiger partial charge in [-0.1, -0.05) is 6.92 Å². The topological polar surface area (TPSA) is 51.2 Å². The third-order valence-corrected chi connectivity index (χ3v) is 1.81. The maximum atomic E-state index is 10.8. The van der Waals surface area contributed by atoms with Crippen LogP contribution in [0.25, 0.3) is 0 Å². The number of carbonyl (C=O) groups is 3. The van der Waals surface area contributed by atoms with Crippen LogP contribution < -0.4 is 0 Å². The number of rotatable bonds is 6. The molecule has 0 aliphatic heterocycles. The van der Waals surface area contributed by atoms with E-state index in [2.05, 4.69) is 0 Å². The van der Waals surface area contributed by atoms with Gasteiger partial charge in [-0.05, 0) is 13.3 Å². The Labute approximate surface area is 72.1 Å². The van der Waals surface area contributed by atoms with Crippen LogP contribution in [0.15, 0.2) is 0 Å². The molecule has 0 heterocycles. The van der Waals surface area contributed by atoms with E-state index in [0.29, 0.717) is 25.5 Å². The molecule has 0 amide bonds. The normalized spacial score (nSPS) is 12.2. The van der Waals surface area contributed by atoms with Crippen molar-refractivity contribution in [3.8, 4) is 0 Å². The number of hydrogen-bond donors (Lipinski definition) is 0. The van der Waals surface area contributed by atoms with E-state index in [4.69, 9.17) is 0 Å². The molecule has 0 saturated carbocycles. The maximum absolute atomic E-state index is 10.8. The lowest BCUT2D eigenvalue weighted by atomic mass is 9.99. The summed E-state index contributed by atoms with van der Waals surface area (Å²) >= 11 is 0. The van der Waals surface area contributed by atoms with E-state index in [1.807, 2.05) is 0 Å². The summed E-state index contributed by atoms with van der Waals surface area (Å²) in [7, 11) is 0. The Hall–Kier alpha value is -0.990. The Balaban J connectivity index is 3.80. The average molecular weight is 170 g/mol. The Morgan fingerprint density at radius 3 is 2.33 bits per heavy atom. The highest BCUT2D eigenvalue weighted by Crippen LogP contribution is 2.06. The predicted octanol–water partition coefficient (Wildman–Crippen LogP) is 1.15. The zero-order chi connectivity index (χ0) is 9.56. The average Bonchev–Trinajstić information content (AvgIpc) is 2.04. The second-order valence-corrected chi connectivity index (χ2v) is 2.78. The van der Waals surface area contributed by atoms with E-state index >= 15 is 0 Å². The molecule has 3 heteroatoms. The van der Waals surface area contributed by atoms with Gasteiger partial charge in [-0.3, -0.25) is 9.59 Å². The minimum absolute atomic E-state index is 0.100. The molecule has 0 aromatic rings. The van der Waals surface area contributed by atoms with Gasteiger partial charge in [0.05, 0.1) is 5.92 Å². The van der Waals surface area contributed by atoms with E-state index in [0.717, 1.165) is 0 Å². The molecule has 0 radical (unpaired) electrons. The molecule has 0 aliphatic carbocycles. The van der Waals surface area contributed by atoms with Crippen LogP contribution in [0.3, 0.4) is 0 Å². The monoisotopic (exact) mass is 170 g/mol. The standard InChI is InChI=1S/C9H14O3/c1-3-9(12)5-4-8(6-10)7(2)11/h6,8H,3-5H2,1-2H3. The Morgan fingerprint density at radius 2 is 2.00 bits per heavy atom. The first-order chi connectivity index (χ1) is 5.61. The predicted molar refractivity (Wildman–Crippen MR) is 44.8 cm³/mol. The molecule has 1 unspecified atom stereocenters. The molecular formula is C9H14O3. The van der Waals surface area contributed by atoms with Crippen LogP contribution in [0.5, 0.6) is 0 Å². The quantitative estimate of drug-likeness (QED) is 0.444. The lowest BCUT2D eigenvalue weighted by molar-refractivity contribution is -0.126. The first-order valence-corrected chi connectivity index (χ1v) is 4.09. The molecule has 0 rings (SSSR count). The van der Waals surface area contributed by atoms with Crippen molar-refractivity contribution < 1.29 is 14.4 Å². The van der Waals surface area contributed by atoms with E-state index in [1.54, 1.807) is 6.92 Å². The van der Waals surface area contributed by atoms with Crippen LogP contribution in [0.2, 0.25) is 0 Å². The van der Waals surface area contributed by atoms with Gasteiger partial charge in [0.25, 0.3) is 0 Å². The first kappa shape index (κ1) is 11.0. The Morgan fingerprint density at radius 1 is 1.42 bits per heavy atom. The Bertz CT molecular complexity index is 184. The summed E-state index contributed by atoms with van der Waals surface area (Å²) in [5.41, 5.74) is 0. The fraction of sp³-hybridized carbons (Fsp3) is 0.667. The molecule has 0 N–H and O–H groups in total. The summed E-state index contributed by atoms with van der Waals surface area (Å²) in [5, 5.41) is 0. The van der Waals surface area contributed by atoms with Gasteiger partial charge < -0.3 is 4.79 Å². The van der Waals surface area contributed by atoms with Gasteiger partial charge in [0.15, 0.2) is 0 Å². The number of aldehydes is 1. The summed E-state index contributed by atoms with van der Waals surface area (Å²) in [5.74, 6) is -0.641. The minimum atomic E-state index is -0.583. The molecule has 0 saturated heterocycles. The highest BCUT2D eigenvalue weighted by molar-refractivity contribution is 5.92. The summed E-state index contributed by atoms with van der Waals surface area (Å²) < 4.78 is 0. The molecule has 0 aromatic heterocycles. The SMILES string of the molecule is CCC(=O)CCC(C=O)C(C)=O. The number of hydrogen-bond acceptors (Lipinski definition) is 3. The van der Waals surface area contributed by atoms with Gasteiger partial charge >= 0.3 is 0 Å². The molecular weight excluding hydrogens is 156 g/mol. The molecule has 1 atom stereocenters. The minimum Gasteiger partial charge on any atom is -0.303 e. The Kier molecular flexibility index (Phi) is 5.17. The van der Waals surface area contributed by atoms with Gasteiger partial charge in [-0.25, -0.2) is 0 Å². The van der Waals surface area contributed by atoms with Gasteiger partial charge in [-0.15, -0.1) is 0 Å². The van der Waals surface area contributed by atoms with E-state index in [-0.39, 0.29) is 11.6 Å². The molecule has 0 spiro atoms. The van der Waals surface area contributed by atoms with Gasteiger partial charge in [0.2, 0.25) is 0 Å². The zero-order valence-corrected chi connectivity index (χ0v) is 7.50. The second kappa shape index (κ2) is 5.63. The summed E-state index contributed by atoms with van der Waals surface area (Å²) in [4.78, 5) is 31.9. The van der Waals surface area contributed by atoms with Crippen molar-refractivity contribution in [2.45, 2.75) is 33.1 Å². The van der Waals surface area contributed by atoms with Crippen molar-refractivity contribution in [2.24, 2.45) is 5.92 Å². The molecule has 12 heavy (non-hydrogen) atoms. The molecule has 0 bridgehead atoms. The molecule has 0 aliphatic rings. The molecule has 3 nitrogen and oxygen atoms in total. The molecule has 0 fully saturated rings. The fourth-order valence-corrected chi connectivity index (χ4v) is 0.860. The summed E-state index contributed by atoms with van der Waals surface area (Å²) in [6.45, 7) is 3.14. The van der Waals surface area contributed by atoms with Gasteiger partial charge in [0, 0.05) is 12.8 Å². The van der Waals surface area contributed by atoms with Crippen LogP contribution in [0, 0.1) is 5.92 Å². The summed E-state index contributed by atoms with van der Waals surface area (Å²) in [6.07, 6.45) is 1.79. The van der Waals surface area contributed by atoms with Crippen molar-refractivity contribution >= 4 is 17.9 Å². The largest absolute Gasteiger partial charge is 0.303 e. The lowest BCUT2D eigenvalue weighted by Gasteiger charge is -2.03. The van der Waals surface area contributed by atoms with E-state index in [1.165, 1.54) is 6.92 Å². The van der Waals surface area contributed by atoms with E-state index in [9.17, 15) is 14.4 Å². The van der Waals surface area contributed by atoms with Crippen LogP contribution in [0.1, 0.15) is 33.1 Å². The van der Waals surface area contributed by atoms with Crippen molar-refractivity contribution in [2.75, 3.05) is 0 Å². The van der Waals surface area contributed by atoms with Crippen molar-refractivity contribution in [1.82, 2.24) is 0 Å². The highest BCUT2D eigenvalue weighted by Gasteiger charge is 2.13. The van der Waals surface area contributed by atoms with Crippen LogP contribution in [-0.4, -0.2) is 17.9 Å². The lowest BCUT2D eigenvalue weighted by Crippen LogP contribution is -2.13. The number of ketones is 2. The van der Waals surface area contributed by atoms with Crippen LogP contribution in [-0.2, 0) is 14.4 Å². The highest BCUT2D eigenvalue weighted by atomic mass is 16.1. The van der Waals surface area contributed by atoms with Crippen molar-refractivity contribution in [3.05, 3.63) is 0 Å². The number of Topliss-reactive ketones (excluding diaryl/α,β-unsaturated/α-hetero) is 2.